The van der Waals surface area contributed by atoms with Crippen LogP contribution in [0.5, 0.6) is 5.75 Å². The molecule has 1 saturated carbocycles. The molecular weight excluding hydrogens is 382 g/mol. The topological polar surface area (TPSA) is 66.8 Å². The predicted octanol–water partition coefficient (Wildman–Crippen LogP) is 5.14. The first-order valence-electron chi connectivity index (χ1n) is 7.82. The van der Waals surface area contributed by atoms with Crippen molar-refractivity contribution in [2.24, 2.45) is 11.8 Å². The van der Waals surface area contributed by atoms with Crippen molar-refractivity contribution in [3.63, 3.8) is 0 Å². The minimum Gasteiger partial charge on any atom is -0.449 e. The Kier molecular flexibility index (Phi) is 6.08. The molecule has 0 bridgehead atoms. The number of ether oxygens (including phenoxy) is 1. The summed E-state index contributed by atoms with van der Waals surface area (Å²) in [4.78, 5) is 25.6. The lowest BCUT2D eigenvalue weighted by atomic mass is 9.82. The highest BCUT2D eigenvalue weighted by molar-refractivity contribution is 9.11. The Labute approximate surface area is 148 Å². The molecule has 23 heavy (non-hydrogen) atoms. The van der Waals surface area contributed by atoms with Crippen LogP contribution >= 0.6 is 27.3 Å². The molecule has 1 fully saturated rings. The Morgan fingerprint density at radius 2 is 1.96 bits per heavy atom. The zero-order chi connectivity index (χ0) is 17.1. The first kappa shape index (κ1) is 18.3. The number of carboxylic acid groups (broad SMARTS) is 1. The molecule has 0 unspecified atom stereocenters. The van der Waals surface area contributed by atoms with Gasteiger partial charge in [0.2, 0.25) is 5.91 Å². The van der Waals surface area contributed by atoms with Crippen LogP contribution in [0.3, 0.4) is 0 Å². The average Bonchev–Trinajstić information content (AvgIpc) is 2.79. The van der Waals surface area contributed by atoms with Gasteiger partial charge in [-0.1, -0.05) is 6.92 Å². The minimum atomic E-state index is -1.38. The SMILES string of the molecule is CC1CCC(C(=O)N(c2sc(Br)cc2OC(=O)O)C(C)C)CC1. The van der Waals surface area contributed by atoms with Gasteiger partial charge in [0.15, 0.2) is 5.75 Å². The van der Waals surface area contributed by atoms with Gasteiger partial charge in [-0.15, -0.1) is 11.3 Å². The molecule has 0 aromatic carbocycles. The molecule has 1 N–H and O–H groups in total. The van der Waals surface area contributed by atoms with E-state index in [2.05, 4.69) is 22.9 Å². The molecule has 1 heterocycles. The number of hydrogen-bond donors (Lipinski definition) is 1. The molecule has 1 aromatic heterocycles. The van der Waals surface area contributed by atoms with E-state index in [1.165, 1.54) is 11.3 Å². The third-order valence-electron chi connectivity index (χ3n) is 4.18. The van der Waals surface area contributed by atoms with Crippen molar-refractivity contribution in [2.75, 3.05) is 4.90 Å². The van der Waals surface area contributed by atoms with E-state index in [1.54, 1.807) is 11.0 Å². The molecule has 128 valence electrons. The van der Waals surface area contributed by atoms with Gasteiger partial charge in [-0.05, 0) is 61.4 Å². The lowest BCUT2D eigenvalue weighted by molar-refractivity contribution is -0.123. The van der Waals surface area contributed by atoms with Gasteiger partial charge in [0.1, 0.15) is 5.00 Å². The first-order chi connectivity index (χ1) is 10.8. The van der Waals surface area contributed by atoms with Crippen molar-refractivity contribution < 1.29 is 19.4 Å². The maximum Gasteiger partial charge on any atom is 0.511 e. The van der Waals surface area contributed by atoms with Crippen LogP contribution in [0.4, 0.5) is 9.80 Å². The number of carbonyl (C=O) groups excluding carboxylic acids is 1. The van der Waals surface area contributed by atoms with Crippen LogP contribution < -0.4 is 9.64 Å². The van der Waals surface area contributed by atoms with E-state index in [-0.39, 0.29) is 23.6 Å². The maximum atomic E-state index is 13.0. The van der Waals surface area contributed by atoms with Gasteiger partial charge in [-0.25, -0.2) is 4.79 Å². The average molecular weight is 404 g/mol. The lowest BCUT2D eigenvalue weighted by Gasteiger charge is -2.33. The number of amides is 1. The summed E-state index contributed by atoms with van der Waals surface area (Å²) >= 11 is 4.67. The number of anilines is 1. The van der Waals surface area contributed by atoms with E-state index in [0.29, 0.717) is 10.9 Å². The van der Waals surface area contributed by atoms with Crippen molar-refractivity contribution in [2.45, 2.75) is 52.5 Å². The van der Waals surface area contributed by atoms with E-state index in [1.807, 2.05) is 13.8 Å². The Bertz CT molecular complexity index is 579. The van der Waals surface area contributed by atoms with Crippen molar-refractivity contribution in [1.82, 2.24) is 0 Å². The van der Waals surface area contributed by atoms with Crippen LogP contribution in [0.25, 0.3) is 0 Å². The van der Waals surface area contributed by atoms with Gasteiger partial charge < -0.3 is 9.84 Å². The van der Waals surface area contributed by atoms with Gasteiger partial charge in [0.05, 0.1) is 3.79 Å². The second kappa shape index (κ2) is 7.66. The van der Waals surface area contributed by atoms with E-state index in [0.717, 1.165) is 29.5 Å². The molecule has 1 aromatic rings. The van der Waals surface area contributed by atoms with Gasteiger partial charge in [-0.3, -0.25) is 9.69 Å². The molecule has 0 aliphatic heterocycles. The smallest absolute Gasteiger partial charge is 0.449 e. The van der Waals surface area contributed by atoms with Gasteiger partial charge in [-0.2, -0.15) is 0 Å². The summed E-state index contributed by atoms with van der Waals surface area (Å²) in [5.41, 5.74) is 0. The highest BCUT2D eigenvalue weighted by atomic mass is 79.9. The van der Waals surface area contributed by atoms with E-state index in [9.17, 15) is 9.59 Å². The number of rotatable bonds is 4. The Hall–Kier alpha value is -1.08. The summed E-state index contributed by atoms with van der Waals surface area (Å²) < 4.78 is 5.59. The van der Waals surface area contributed by atoms with Gasteiger partial charge in [0, 0.05) is 18.0 Å². The van der Waals surface area contributed by atoms with Crippen LogP contribution in [0.2, 0.25) is 0 Å². The van der Waals surface area contributed by atoms with Crippen molar-refractivity contribution in [3.05, 3.63) is 9.85 Å². The molecule has 1 aliphatic rings. The fourth-order valence-corrected chi connectivity index (χ4v) is 4.58. The number of carbonyl (C=O) groups is 2. The summed E-state index contributed by atoms with van der Waals surface area (Å²) in [6.45, 7) is 6.08. The molecule has 1 aliphatic carbocycles. The first-order valence-corrected chi connectivity index (χ1v) is 9.43. The maximum absolute atomic E-state index is 13.0. The predicted molar refractivity (Wildman–Crippen MR) is 94.4 cm³/mol. The van der Waals surface area contributed by atoms with Crippen LogP contribution in [0.15, 0.2) is 9.85 Å². The summed E-state index contributed by atoms with van der Waals surface area (Å²) in [7, 11) is 0. The van der Waals surface area contributed by atoms with Gasteiger partial charge >= 0.3 is 6.16 Å². The summed E-state index contributed by atoms with van der Waals surface area (Å²) in [5.74, 6) is 0.956. The quantitative estimate of drug-likeness (QED) is 0.706. The second-order valence-electron chi connectivity index (χ2n) is 6.35. The minimum absolute atomic E-state index is 0.00662. The Morgan fingerprint density at radius 3 is 2.48 bits per heavy atom. The van der Waals surface area contributed by atoms with Crippen molar-refractivity contribution >= 4 is 44.3 Å². The summed E-state index contributed by atoms with van der Waals surface area (Å²) in [5, 5.41) is 9.45. The van der Waals surface area contributed by atoms with Crippen LogP contribution in [0.1, 0.15) is 46.5 Å². The molecule has 2 rings (SSSR count). The number of nitrogens with zero attached hydrogens (tertiary/aromatic N) is 1. The van der Waals surface area contributed by atoms with Crippen LogP contribution in [-0.4, -0.2) is 23.2 Å². The number of hydrogen-bond acceptors (Lipinski definition) is 4. The summed E-state index contributed by atoms with van der Waals surface area (Å²) in [6.07, 6.45) is 2.54. The number of thiophene rings is 1. The fraction of sp³-hybridized carbons (Fsp3) is 0.625. The molecule has 5 nitrogen and oxygen atoms in total. The summed E-state index contributed by atoms with van der Waals surface area (Å²) in [6, 6.07) is 1.53. The van der Waals surface area contributed by atoms with E-state index < -0.39 is 6.16 Å². The molecule has 1 amide bonds. The van der Waals surface area contributed by atoms with E-state index in [4.69, 9.17) is 9.84 Å². The third-order valence-corrected chi connectivity index (χ3v) is 5.80. The van der Waals surface area contributed by atoms with Crippen molar-refractivity contribution in [3.8, 4) is 5.75 Å². The number of halogens is 1. The highest BCUT2D eigenvalue weighted by Crippen LogP contribution is 2.43. The van der Waals surface area contributed by atoms with E-state index >= 15 is 0 Å². The van der Waals surface area contributed by atoms with Crippen LogP contribution in [-0.2, 0) is 4.79 Å². The molecule has 0 atom stereocenters. The lowest BCUT2D eigenvalue weighted by Crippen LogP contribution is -2.42. The van der Waals surface area contributed by atoms with Crippen LogP contribution in [0, 0.1) is 11.8 Å². The normalized spacial score (nSPS) is 21.3. The van der Waals surface area contributed by atoms with Gasteiger partial charge in [0.25, 0.3) is 0 Å². The largest absolute Gasteiger partial charge is 0.511 e. The van der Waals surface area contributed by atoms with Crippen molar-refractivity contribution in [1.29, 1.82) is 0 Å². The Morgan fingerprint density at radius 1 is 1.35 bits per heavy atom. The zero-order valence-corrected chi connectivity index (χ0v) is 15.9. The molecule has 0 saturated heterocycles. The second-order valence-corrected chi connectivity index (χ2v) is 8.76. The molecule has 0 radical (unpaired) electrons. The molecule has 0 spiro atoms. The molecular formula is C16H22BrNO4S. The standard InChI is InChI=1S/C16H22BrNO4S/c1-9(2)18(14(19)11-6-4-10(3)5-7-11)15-12(22-16(20)21)8-13(17)23-15/h8-11H,4-7H2,1-3H3,(H,20,21). The highest BCUT2D eigenvalue weighted by Gasteiger charge is 2.33. The molecule has 7 heteroatoms. The fourth-order valence-electron chi connectivity index (χ4n) is 2.96. The third kappa shape index (κ3) is 4.47. The Balaban J connectivity index is 2.28. The monoisotopic (exact) mass is 403 g/mol. The zero-order valence-electron chi connectivity index (χ0n) is 13.5.